The minimum Gasteiger partial charge on any atom is -0.634 e. The van der Waals surface area contributed by atoms with E-state index in [-0.39, 0.29) is 27.7 Å². The van der Waals surface area contributed by atoms with Gasteiger partial charge in [0.05, 0.1) is 13.1 Å². The molecule has 1 N–H and O–H groups in total. The van der Waals surface area contributed by atoms with Crippen LogP contribution in [0.4, 0.5) is 0 Å². The van der Waals surface area contributed by atoms with Gasteiger partial charge in [-0.25, -0.2) is 0 Å². The van der Waals surface area contributed by atoms with Crippen LogP contribution in [-0.2, 0) is 27.7 Å². The molecule has 0 atom stereocenters. The van der Waals surface area contributed by atoms with Gasteiger partial charge in [0.25, 0.3) is 0 Å². The van der Waals surface area contributed by atoms with Gasteiger partial charge in [0, 0.05) is 34.1 Å². The van der Waals surface area contributed by atoms with Crippen LogP contribution in [0.15, 0.2) is 0 Å². The molecule has 0 spiro atoms. The van der Waals surface area contributed by atoms with Crippen LogP contribution < -0.4 is 5.06 Å². The average Bonchev–Trinajstić information content (AvgIpc) is 1.30. The summed E-state index contributed by atoms with van der Waals surface area (Å²) < 4.78 is 0. The fourth-order valence-corrected chi connectivity index (χ4v) is 0.321. The van der Waals surface area contributed by atoms with Crippen LogP contribution in [0, 0.1) is 5.21 Å². The van der Waals surface area contributed by atoms with Crippen LogP contribution in [0.25, 0.3) is 0 Å². The third-order valence-electron chi connectivity index (χ3n) is 0.911. The van der Waals surface area contributed by atoms with Crippen molar-refractivity contribution in [2.24, 2.45) is 0 Å². The maximum Gasteiger partial charge on any atom is 0.0822 e. The van der Waals surface area contributed by atoms with Crippen LogP contribution in [-0.4, -0.2) is 13.1 Å². The van der Waals surface area contributed by atoms with Crippen molar-refractivity contribution < 1.29 is 32.7 Å². The van der Waals surface area contributed by atoms with Crippen LogP contribution in [0.5, 0.6) is 0 Å². The number of hydrogen-bond donors (Lipinski definition) is 1. The molecule has 3 heteroatoms. The summed E-state index contributed by atoms with van der Waals surface area (Å²) in [6, 6.07) is 0. The summed E-state index contributed by atoms with van der Waals surface area (Å²) >= 11 is 0. The van der Waals surface area contributed by atoms with E-state index in [0.29, 0.717) is 5.06 Å². The van der Waals surface area contributed by atoms with E-state index in [4.69, 9.17) is 0 Å². The molecule has 0 aromatic carbocycles. The topological polar surface area (TPSA) is 27.5 Å². The third kappa shape index (κ3) is 1.54. The van der Waals surface area contributed by atoms with Gasteiger partial charge in [0.1, 0.15) is 0 Å². The summed E-state index contributed by atoms with van der Waals surface area (Å²) in [6.45, 7) is 1.69. The van der Waals surface area contributed by atoms with Crippen molar-refractivity contribution >= 4 is 0 Å². The van der Waals surface area contributed by atoms with E-state index in [1.165, 1.54) is 0 Å². The molecule has 0 aliphatic carbocycles. The smallest absolute Gasteiger partial charge is 0.0822 e. The molecule has 1 aliphatic rings. The van der Waals surface area contributed by atoms with Crippen molar-refractivity contribution in [3.63, 3.8) is 0 Å². The maximum atomic E-state index is 9.90. The minimum atomic E-state index is 0. The van der Waals surface area contributed by atoms with E-state index < -0.39 is 0 Å². The predicted octanol–water partition coefficient (Wildman–Crippen LogP) is -1.23. The first-order valence-electron chi connectivity index (χ1n) is 1.91. The zero-order valence-corrected chi connectivity index (χ0v) is 9.23. The number of quaternary nitrogens is 1. The molecule has 0 bridgehead atoms. The number of nitrogens with one attached hydrogen (secondary N) is 1. The predicted molar refractivity (Wildman–Crippen MR) is 18.7 cm³/mol. The maximum absolute atomic E-state index is 9.90. The second-order valence-electron chi connectivity index (χ2n) is 1.39. The number of rotatable bonds is 0. The van der Waals surface area contributed by atoms with E-state index in [2.05, 4.69) is 0 Å². The standard InChI is InChI=1S/C3H7NO.Hg/c5-4-2-1-3-4;/h4H,1-3H2;. The van der Waals surface area contributed by atoms with Gasteiger partial charge in [-0.15, -0.1) is 0 Å². The third-order valence-corrected chi connectivity index (χ3v) is 0.911. The fraction of sp³-hybridized carbons (Fsp3) is 1.00. The quantitative estimate of drug-likeness (QED) is 0.434. The molecule has 6 heavy (non-hydrogen) atoms. The van der Waals surface area contributed by atoms with E-state index in [9.17, 15) is 5.21 Å². The first kappa shape index (κ1) is 6.86. The molecule has 0 aromatic rings. The fourth-order valence-electron chi connectivity index (χ4n) is 0.321. The molecular weight excluding hydrogens is 267 g/mol. The van der Waals surface area contributed by atoms with E-state index in [0.717, 1.165) is 19.5 Å². The molecule has 1 heterocycles. The van der Waals surface area contributed by atoms with Crippen molar-refractivity contribution in [1.82, 2.24) is 0 Å². The summed E-state index contributed by atoms with van der Waals surface area (Å²) in [6.07, 6.45) is 1.14. The van der Waals surface area contributed by atoms with Gasteiger partial charge < -0.3 is 10.3 Å². The number of hydroxylamine groups is 2. The zero-order chi connectivity index (χ0) is 3.70. The molecule has 1 fully saturated rings. The Morgan fingerprint density at radius 1 is 1.33 bits per heavy atom. The largest absolute Gasteiger partial charge is 0.634 e. The summed E-state index contributed by atoms with van der Waals surface area (Å²) in [5, 5.41) is 10.3. The van der Waals surface area contributed by atoms with Gasteiger partial charge >= 0.3 is 0 Å². The molecule has 0 unspecified atom stereocenters. The van der Waals surface area contributed by atoms with Crippen LogP contribution in [0.3, 0.4) is 0 Å². The molecule has 0 aromatic heterocycles. The molecule has 0 radical (unpaired) electrons. The minimum absolute atomic E-state index is 0. The van der Waals surface area contributed by atoms with Gasteiger partial charge in [-0.3, -0.25) is 0 Å². The van der Waals surface area contributed by atoms with Gasteiger partial charge in [-0.1, -0.05) is 0 Å². The second kappa shape index (κ2) is 2.94. The van der Waals surface area contributed by atoms with Crippen molar-refractivity contribution in [1.29, 1.82) is 0 Å². The Hall–Kier alpha value is 0.855. The Balaban J connectivity index is 0.000000250. The van der Waals surface area contributed by atoms with Gasteiger partial charge in [0.2, 0.25) is 0 Å². The Bertz CT molecular complexity index is 37.8. The van der Waals surface area contributed by atoms with Gasteiger partial charge in [-0.05, 0) is 0 Å². The normalized spacial score (nSPS) is 21.5. The molecule has 32 valence electrons. The first-order valence-corrected chi connectivity index (χ1v) is 1.91. The molecule has 1 aliphatic heterocycles. The summed E-state index contributed by atoms with van der Waals surface area (Å²) in [5.41, 5.74) is 0. The van der Waals surface area contributed by atoms with Gasteiger partial charge in [0.15, 0.2) is 0 Å². The van der Waals surface area contributed by atoms with Crippen LogP contribution >= 0.6 is 0 Å². The van der Waals surface area contributed by atoms with Crippen molar-refractivity contribution in [3.8, 4) is 0 Å². The molecule has 1 saturated heterocycles. The van der Waals surface area contributed by atoms with Crippen molar-refractivity contribution in [2.75, 3.05) is 13.1 Å². The molecule has 2 nitrogen and oxygen atoms in total. The monoisotopic (exact) mass is 275 g/mol. The summed E-state index contributed by atoms with van der Waals surface area (Å²) in [4.78, 5) is 0. The Kier molecular flexibility index (Phi) is 3.36. The molecule has 0 amide bonds. The van der Waals surface area contributed by atoms with Crippen molar-refractivity contribution in [2.45, 2.75) is 6.42 Å². The molecule has 1 rings (SSSR count). The molecule has 0 saturated carbocycles. The van der Waals surface area contributed by atoms with Crippen LogP contribution in [0.1, 0.15) is 6.42 Å². The van der Waals surface area contributed by atoms with Crippen molar-refractivity contribution in [3.05, 3.63) is 5.21 Å². The average molecular weight is 274 g/mol. The molecular formula is C3H7HgNO. The van der Waals surface area contributed by atoms with E-state index in [1.807, 2.05) is 0 Å². The number of hydrogen-bond acceptors (Lipinski definition) is 1. The summed E-state index contributed by atoms with van der Waals surface area (Å²) in [5.74, 6) is 0. The van der Waals surface area contributed by atoms with E-state index in [1.54, 1.807) is 0 Å². The Labute approximate surface area is 57.6 Å². The van der Waals surface area contributed by atoms with E-state index >= 15 is 0 Å². The summed E-state index contributed by atoms with van der Waals surface area (Å²) in [7, 11) is 0. The Morgan fingerprint density at radius 2 is 1.67 bits per heavy atom. The zero-order valence-electron chi connectivity index (χ0n) is 3.74. The van der Waals surface area contributed by atoms with Crippen LogP contribution in [0.2, 0.25) is 0 Å². The SMILES string of the molecule is [Hg].[O-][NH+]1CCC1. The Morgan fingerprint density at radius 3 is 1.67 bits per heavy atom. The first-order chi connectivity index (χ1) is 2.39. The van der Waals surface area contributed by atoms with Gasteiger partial charge in [-0.2, -0.15) is 0 Å². The second-order valence-corrected chi connectivity index (χ2v) is 1.39.